The summed E-state index contributed by atoms with van der Waals surface area (Å²) in [7, 11) is -3.13. The van der Waals surface area contributed by atoms with Crippen LogP contribution in [0.4, 0.5) is 0 Å². The van der Waals surface area contributed by atoms with Gasteiger partial charge < -0.3 is 28.2 Å². The van der Waals surface area contributed by atoms with Gasteiger partial charge in [-0.3, -0.25) is 0 Å². The topological polar surface area (TPSA) is 77.4 Å². The number of rotatable bonds is 1. The minimum absolute atomic E-state index is 0.0592. The van der Waals surface area contributed by atoms with Crippen LogP contribution in [0.25, 0.3) is 0 Å². The van der Waals surface area contributed by atoms with Crippen LogP contribution in [0.5, 0.6) is 0 Å². The van der Waals surface area contributed by atoms with Crippen LogP contribution in [0.15, 0.2) is 0 Å². The number of aliphatic hydroxyl groups excluding tert-OH is 1. The highest BCUT2D eigenvalue weighted by Gasteiger charge is 2.41. The van der Waals surface area contributed by atoms with Gasteiger partial charge in [-0.1, -0.05) is 13.8 Å². The fourth-order valence-electron chi connectivity index (χ4n) is 1.36. The monoisotopic (exact) mass is 266 g/mol. The molecule has 2 N–H and O–H groups in total. The molecular weight excluding hydrogens is 244 g/mol. The quantitative estimate of drug-likeness (QED) is 0.638. The van der Waals surface area contributed by atoms with Crippen molar-refractivity contribution in [2.24, 2.45) is 0 Å². The summed E-state index contributed by atoms with van der Waals surface area (Å²) >= 11 is 0. The number of ether oxygens (including phenoxy) is 2. The van der Waals surface area contributed by atoms with Crippen molar-refractivity contribution in [1.29, 1.82) is 0 Å². The summed E-state index contributed by atoms with van der Waals surface area (Å²) in [6, 6.07) is 0. The van der Waals surface area contributed by atoms with E-state index in [1.54, 1.807) is 0 Å². The minimum atomic E-state index is -3.13. The van der Waals surface area contributed by atoms with Gasteiger partial charge in [0.15, 0.2) is 0 Å². The Bertz CT molecular complexity index is 199. The summed E-state index contributed by atoms with van der Waals surface area (Å²) in [5, 5.41) is 9.41. The van der Waals surface area contributed by atoms with Crippen LogP contribution in [0.2, 0.25) is 5.54 Å². The summed E-state index contributed by atoms with van der Waals surface area (Å²) in [5.74, 6) is 0. The van der Waals surface area contributed by atoms with E-state index in [0.717, 1.165) is 0 Å². The first-order valence-corrected chi connectivity index (χ1v) is 7.72. The molecule has 0 atom stereocenters. The number of aliphatic hydroxyl groups is 1. The van der Waals surface area contributed by atoms with E-state index in [-0.39, 0.29) is 32.0 Å². The third-order valence-corrected chi connectivity index (χ3v) is 5.12. The summed E-state index contributed by atoms with van der Waals surface area (Å²) in [5.41, 5.74) is -0.0592. The third-order valence-electron chi connectivity index (χ3n) is 2.42. The molecule has 1 heterocycles. The molecule has 0 bridgehead atoms. The molecule has 0 amide bonds. The molecule has 6 nitrogen and oxygen atoms in total. The van der Waals surface area contributed by atoms with E-state index in [0.29, 0.717) is 13.2 Å². The van der Waals surface area contributed by atoms with Crippen LogP contribution < -0.4 is 0 Å². The number of hydrogen-bond acceptors (Lipinski definition) is 6. The van der Waals surface area contributed by atoms with Gasteiger partial charge in [-0.15, -0.1) is 0 Å². The van der Waals surface area contributed by atoms with Crippen LogP contribution >= 0.6 is 0 Å². The van der Waals surface area contributed by atoms with Crippen molar-refractivity contribution in [3.05, 3.63) is 0 Å². The molecule has 17 heavy (non-hydrogen) atoms. The van der Waals surface area contributed by atoms with E-state index in [2.05, 4.69) is 0 Å². The van der Waals surface area contributed by atoms with Crippen LogP contribution in [0, 0.1) is 0 Å². The summed E-state index contributed by atoms with van der Waals surface area (Å²) < 4.78 is 21.2. The second-order valence-electron chi connectivity index (χ2n) is 4.29. The normalized spacial score (nSPS) is 34.1. The van der Waals surface area contributed by atoms with Gasteiger partial charge in [-0.25, -0.2) is 0 Å². The first kappa shape index (κ1) is 15.0. The highest BCUT2D eigenvalue weighted by atomic mass is 28.4. The number of hydrogen-bond donors (Lipinski definition) is 2. The largest absolute Gasteiger partial charge is 0.501 e. The summed E-state index contributed by atoms with van der Waals surface area (Å²) in [6.45, 7) is 5.35. The van der Waals surface area contributed by atoms with Gasteiger partial charge >= 0.3 is 8.80 Å². The molecule has 1 aliphatic heterocycles. The van der Waals surface area contributed by atoms with E-state index in [1.807, 2.05) is 13.8 Å². The molecule has 102 valence electrons. The van der Waals surface area contributed by atoms with E-state index >= 15 is 0 Å². The Labute approximate surface area is 103 Å². The highest BCUT2D eigenvalue weighted by molar-refractivity contribution is 6.60. The zero-order valence-electron chi connectivity index (χ0n) is 10.4. The average molecular weight is 266 g/mol. The van der Waals surface area contributed by atoms with Crippen molar-refractivity contribution in [3.8, 4) is 0 Å². The SMILES string of the molecule is CC(C)[Si]1(O)OCCOCC(O)COCCO1. The Balaban J connectivity index is 2.45. The van der Waals surface area contributed by atoms with Crippen LogP contribution in [-0.4, -0.2) is 64.5 Å². The van der Waals surface area contributed by atoms with E-state index in [4.69, 9.17) is 18.3 Å². The van der Waals surface area contributed by atoms with Crippen LogP contribution in [0.1, 0.15) is 13.8 Å². The van der Waals surface area contributed by atoms with Gasteiger partial charge in [0.1, 0.15) is 6.10 Å². The fourth-order valence-corrected chi connectivity index (χ4v) is 2.86. The molecule has 0 spiro atoms. The molecule has 1 fully saturated rings. The molecule has 0 aromatic carbocycles. The Morgan fingerprint density at radius 3 is 1.88 bits per heavy atom. The molecule has 0 aliphatic carbocycles. The minimum Gasteiger partial charge on any atom is -0.390 e. The molecular formula is C10H22O6Si. The van der Waals surface area contributed by atoms with E-state index in [9.17, 15) is 9.90 Å². The maximum Gasteiger partial charge on any atom is 0.501 e. The summed E-state index contributed by atoms with van der Waals surface area (Å²) in [6.07, 6.45) is -0.629. The Morgan fingerprint density at radius 1 is 1.00 bits per heavy atom. The van der Waals surface area contributed by atoms with Gasteiger partial charge in [-0.2, -0.15) is 0 Å². The second kappa shape index (κ2) is 7.42. The molecule has 0 radical (unpaired) electrons. The lowest BCUT2D eigenvalue weighted by Crippen LogP contribution is -2.47. The van der Waals surface area contributed by atoms with Crippen molar-refractivity contribution in [1.82, 2.24) is 0 Å². The molecule has 1 rings (SSSR count). The van der Waals surface area contributed by atoms with Gasteiger partial charge in [0, 0.05) is 5.54 Å². The zero-order valence-corrected chi connectivity index (χ0v) is 11.4. The van der Waals surface area contributed by atoms with Crippen molar-refractivity contribution in [3.63, 3.8) is 0 Å². The molecule has 0 unspecified atom stereocenters. The van der Waals surface area contributed by atoms with Crippen molar-refractivity contribution in [2.75, 3.05) is 39.6 Å². The molecule has 1 saturated heterocycles. The molecule has 0 aromatic rings. The van der Waals surface area contributed by atoms with Crippen molar-refractivity contribution in [2.45, 2.75) is 25.5 Å². The highest BCUT2D eigenvalue weighted by Crippen LogP contribution is 2.20. The fraction of sp³-hybridized carbons (Fsp3) is 1.00. The van der Waals surface area contributed by atoms with Crippen molar-refractivity contribution >= 4 is 8.80 Å². The first-order chi connectivity index (χ1) is 8.04. The predicted molar refractivity (Wildman–Crippen MR) is 62.6 cm³/mol. The molecule has 0 aromatic heterocycles. The zero-order chi connectivity index (χ0) is 12.7. The van der Waals surface area contributed by atoms with Crippen LogP contribution in [-0.2, 0) is 18.3 Å². The third kappa shape index (κ3) is 5.43. The smallest absolute Gasteiger partial charge is 0.390 e. The Morgan fingerprint density at radius 2 is 1.47 bits per heavy atom. The Hall–Kier alpha value is -0.0231. The summed E-state index contributed by atoms with van der Waals surface area (Å²) in [4.78, 5) is 10.2. The maximum atomic E-state index is 10.2. The van der Waals surface area contributed by atoms with Gasteiger partial charge in [-0.05, 0) is 0 Å². The van der Waals surface area contributed by atoms with Gasteiger partial charge in [0.25, 0.3) is 0 Å². The van der Waals surface area contributed by atoms with Gasteiger partial charge in [0.2, 0.25) is 0 Å². The lowest BCUT2D eigenvalue weighted by Gasteiger charge is -2.28. The van der Waals surface area contributed by atoms with Crippen molar-refractivity contribution < 1.29 is 28.2 Å². The average Bonchev–Trinajstić information content (AvgIpc) is 2.26. The first-order valence-electron chi connectivity index (χ1n) is 5.88. The molecule has 1 aliphatic rings. The molecule has 7 heteroatoms. The van der Waals surface area contributed by atoms with E-state index in [1.165, 1.54) is 0 Å². The lowest BCUT2D eigenvalue weighted by molar-refractivity contribution is -0.0469. The Kier molecular flexibility index (Phi) is 6.56. The standard InChI is InChI=1S/C10H22O6Si/c1-9(2)17(12)15-5-3-13-7-10(11)8-14-4-6-16-17/h9-12H,3-8H2,1-2H3. The van der Waals surface area contributed by atoms with Gasteiger partial charge in [0.05, 0.1) is 39.6 Å². The second-order valence-corrected chi connectivity index (χ2v) is 7.28. The molecule has 0 saturated carbocycles. The van der Waals surface area contributed by atoms with Crippen LogP contribution in [0.3, 0.4) is 0 Å². The van der Waals surface area contributed by atoms with E-state index < -0.39 is 14.9 Å². The predicted octanol–water partition coefficient (Wildman–Crippen LogP) is -0.232. The lowest BCUT2D eigenvalue weighted by atomic mass is 10.4. The maximum absolute atomic E-state index is 10.2.